The summed E-state index contributed by atoms with van der Waals surface area (Å²) in [5.41, 5.74) is 0.970. The molecule has 2 atom stereocenters. The molecule has 0 radical (unpaired) electrons. The van der Waals surface area contributed by atoms with Gasteiger partial charge in [0.1, 0.15) is 5.82 Å². The Hall–Kier alpha value is -2.15. The van der Waals surface area contributed by atoms with Crippen LogP contribution in [-0.2, 0) is 23.1 Å². The van der Waals surface area contributed by atoms with E-state index in [2.05, 4.69) is 15.4 Å². The number of ether oxygens (including phenoxy) is 1. The summed E-state index contributed by atoms with van der Waals surface area (Å²) in [6.45, 7) is 3.96. The van der Waals surface area contributed by atoms with E-state index in [9.17, 15) is 4.79 Å². The summed E-state index contributed by atoms with van der Waals surface area (Å²) in [6, 6.07) is 0. The van der Waals surface area contributed by atoms with Crippen LogP contribution in [0.5, 0.6) is 0 Å². The summed E-state index contributed by atoms with van der Waals surface area (Å²) in [6.07, 6.45) is 8.95. The van der Waals surface area contributed by atoms with Crippen LogP contribution < -0.4 is 5.32 Å². The second-order valence-electron chi connectivity index (χ2n) is 5.95. The van der Waals surface area contributed by atoms with Crippen molar-refractivity contribution < 1.29 is 9.53 Å². The number of imidazole rings is 1. The van der Waals surface area contributed by atoms with Crippen LogP contribution in [0.3, 0.4) is 0 Å². The Morgan fingerprint density at radius 2 is 2.39 bits per heavy atom. The van der Waals surface area contributed by atoms with Crippen molar-refractivity contribution in [2.24, 2.45) is 13.0 Å². The summed E-state index contributed by atoms with van der Waals surface area (Å²) in [7, 11) is 1.87. The first-order chi connectivity index (χ1) is 11.1. The van der Waals surface area contributed by atoms with Gasteiger partial charge in [0.15, 0.2) is 0 Å². The fourth-order valence-electron chi connectivity index (χ4n) is 3.04. The number of carbonyl (C=O) groups is 1. The van der Waals surface area contributed by atoms with Gasteiger partial charge in [-0.2, -0.15) is 5.10 Å². The third-order valence-electron chi connectivity index (χ3n) is 4.29. The van der Waals surface area contributed by atoms with E-state index in [4.69, 9.17) is 4.74 Å². The van der Waals surface area contributed by atoms with Crippen LogP contribution in [0.4, 0.5) is 0 Å². The van der Waals surface area contributed by atoms with E-state index in [0.29, 0.717) is 13.2 Å². The molecule has 1 saturated heterocycles. The van der Waals surface area contributed by atoms with Gasteiger partial charge in [0, 0.05) is 50.9 Å². The molecule has 1 amide bonds. The monoisotopic (exact) mass is 317 g/mol. The van der Waals surface area contributed by atoms with Gasteiger partial charge in [-0.05, 0) is 19.8 Å². The van der Waals surface area contributed by atoms with Crippen LogP contribution in [0.1, 0.15) is 30.3 Å². The fraction of sp³-hybridized carbons (Fsp3) is 0.562. The summed E-state index contributed by atoms with van der Waals surface area (Å²) < 4.78 is 9.62. The zero-order valence-electron chi connectivity index (χ0n) is 13.6. The minimum Gasteiger partial charge on any atom is -0.373 e. The third-order valence-corrected chi connectivity index (χ3v) is 4.29. The maximum atomic E-state index is 12.6. The van der Waals surface area contributed by atoms with Crippen LogP contribution >= 0.6 is 0 Å². The molecule has 2 aromatic heterocycles. The number of rotatable bonds is 5. The number of carbonyl (C=O) groups excluding carboxylic acids is 1. The predicted octanol–water partition coefficient (Wildman–Crippen LogP) is 1.21. The molecule has 0 unspecified atom stereocenters. The molecule has 3 rings (SSSR count). The van der Waals surface area contributed by atoms with Crippen molar-refractivity contribution in [3.63, 3.8) is 0 Å². The Labute approximate surface area is 135 Å². The van der Waals surface area contributed by atoms with Crippen LogP contribution in [-0.4, -0.2) is 38.4 Å². The first-order valence-corrected chi connectivity index (χ1v) is 8.01. The molecule has 1 aliphatic rings. The molecule has 7 nitrogen and oxygen atoms in total. The minimum atomic E-state index is -0.201. The Morgan fingerprint density at radius 3 is 3.09 bits per heavy atom. The highest BCUT2D eigenvalue weighted by Crippen LogP contribution is 2.33. The van der Waals surface area contributed by atoms with Crippen molar-refractivity contribution in [1.29, 1.82) is 0 Å². The zero-order valence-corrected chi connectivity index (χ0v) is 13.6. The second-order valence-corrected chi connectivity index (χ2v) is 5.95. The van der Waals surface area contributed by atoms with Gasteiger partial charge >= 0.3 is 0 Å². The number of amides is 1. The lowest BCUT2D eigenvalue weighted by molar-refractivity contribution is -0.134. The molecule has 1 fully saturated rings. The standard InChI is InChI=1S/C16H23N5O2/c1-12-17-5-7-21(12)8-6-18-16(22)14-4-3-9-23-15(14)13-10-19-20(2)11-13/h5,7,10-11,14-15H,3-4,6,8-9H2,1-2H3,(H,18,22)/t14-,15+/m1/s1. The third kappa shape index (κ3) is 3.61. The molecule has 0 bridgehead atoms. The van der Waals surface area contributed by atoms with E-state index in [0.717, 1.165) is 30.8 Å². The fourth-order valence-corrected chi connectivity index (χ4v) is 3.04. The average Bonchev–Trinajstić information content (AvgIpc) is 3.16. The smallest absolute Gasteiger partial charge is 0.226 e. The van der Waals surface area contributed by atoms with Crippen molar-refractivity contribution in [2.75, 3.05) is 13.2 Å². The van der Waals surface area contributed by atoms with Crippen molar-refractivity contribution in [3.05, 3.63) is 36.2 Å². The number of aromatic nitrogens is 4. The molecule has 23 heavy (non-hydrogen) atoms. The molecular formula is C16H23N5O2. The molecule has 7 heteroatoms. The lowest BCUT2D eigenvalue weighted by Crippen LogP contribution is -2.38. The Kier molecular flexibility index (Phi) is 4.76. The topological polar surface area (TPSA) is 74.0 Å². The van der Waals surface area contributed by atoms with Gasteiger partial charge in [0.25, 0.3) is 0 Å². The highest BCUT2D eigenvalue weighted by atomic mass is 16.5. The number of hydrogen-bond acceptors (Lipinski definition) is 4. The molecule has 0 spiro atoms. The molecule has 0 aliphatic carbocycles. The van der Waals surface area contributed by atoms with Crippen LogP contribution in [0.25, 0.3) is 0 Å². The van der Waals surface area contributed by atoms with Gasteiger partial charge in [0.2, 0.25) is 5.91 Å². The summed E-state index contributed by atoms with van der Waals surface area (Å²) in [5, 5.41) is 7.22. The molecule has 0 saturated carbocycles. The predicted molar refractivity (Wildman–Crippen MR) is 84.6 cm³/mol. The molecule has 124 valence electrons. The van der Waals surface area contributed by atoms with Gasteiger partial charge in [-0.15, -0.1) is 0 Å². The van der Waals surface area contributed by atoms with Crippen molar-refractivity contribution in [2.45, 2.75) is 32.4 Å². The van der Waals surface area contributed by atoms with E-state index >= 15 is 0 Å². The molecular weight excluding hydrogens is 294 g/mol. The van der Waals surface area contributed by atoms with E-state index in [-0.39, 0.29) is 17.9 Å². The quantitative estimate of drug-likeness (QED) is 0.899. The maximum Gasteiger partial charge on any atom is 0.226 e. The molecule has 3 heterocycles. The molecule has 1 aliphatic heterocycles. The van der Waals surface area contributed by atoms with E-state index in [1.54, 1.807) is 17.1 Å². The highest BCUT2D eigenvalue weighted by Gasteiger charge is 2.33. The Balaban J connectivity index is 1.59. The summed E-state index contributed by atoms with van der Waals surface area (Å²) >= 11 is 0. The van der Waals surface area contributed by atoms with Gasteiger partial charge in [-0.1, -0.05) is 0 Å². The second kappa shape index (κ2) is 6.95. The van der Waals surface area contributed by atoms with E-state index in [1.807, 2.05) is 30.9 Å². The maximum absolute atomic E-state index is 12.6. The number of aryl methyl sites for hydroxylation is 2. The van der Waals surface area contributed by atoms with E-state index in [1.165, 1.54) is 0 Å². The van der Waals surface area contributed by atoms with Gasteiger partial charge in [0.05, 0.1) is 18.2 Å². The SMILES string of the molecule is Cc1nccn1CCNC(=O)[C@@H]1CCCO[C@H]1c1cnn(C)c1. The van der Waals surface area contributed by atoms with Crippen LogP contribution in [0.15, 0.2) is 24.8 Å². The number of hydrogen-bond donors (Lipinski definition) is 1. The van der Waals surface area contributed by atoms with E-state index < -0.39 is 0 Å². The lowest BCUT2D eigenvalue weighted by atomic mass is 9.90. The zero-order chi connectivity index (χ0) is 16.2. The normalized spacial score (nSPS) is 21.3. The molecule has 1 N–H and O–H groups in total. The number of nitrogens with zero attached hydrogens (tertiary/aromatic N) is 4. The van der Waals surface area contributed by atoms with Crippen LogP contribution in [0, 0.1) is 12.8 Å². The van der Waals surface area contributed by atoms with Gasteiger partial charge < -0.3 is 14.6 Å². The molecule has 0 aromatic carbocycles. The van der Waals surface area contributed by atoms with Crippen molar-refractivity contribution in [1.82, 2.24) is 24.6 Å². The van der Waals surface area contributed by atoms with Crippen molar-refractivity contribution in [3.8, 4) is 0 Å². The van der Waals surface area contributed by atoms with Crippen LogP contribution in [0.2, 0.25) is 0 Å². The summed E-state index contributed by atoms with van der Waals surface area (Å²) in [5.74, 6) is 0.849. The Morgan fingerprint density at radius 1 is 1.52 bits per heavy atom. The van der Waals surface area contributed by atoms with Gasteiger partial charge in [-0.3, -0.25) is 9.48 Å². The largest absolute Gasteiger partial charge is 0.373 e. The van der Waals surface area contributed by atoms with Crippen molar-refractivity contribution >= 4 is 5.91 Å². The Bertz CT molecular complexity index is 663. The summed E-state index contributed by atoms with van der Waals surface area (Å²) in [4.78, 5) is 16.7. The minimum absolute atomic E-state index is 0.0521. The number of nitrogens with one attached hydrogen (secondary N) is 1. The van der Waals surface area contributed by atoms with Gasteiger partial charge in [-0.25, -0.2) is 4.98 Å². The lowest BCUT2D eigenvalue weighted by Gasteiger charge is -2.30. The average molecular weight is 317 g/mol. The first-order valence-electron chi connectivity index (χ1n) is 8.01. The highest BCUT2D eigenvalue weighted by molar-refractivity contribution is 5.79. The first kappa shape index (κ1) is 15.7. The molecule has 2 aromatic rings.